The van der Waals surface area contributed by atoms with E-state index >= 15 is 0 Å². The molecule has 0 aromatic carbocycles. The molecule has 0 saturated carbocycles. The van der Waals surface area contributed by atoms with Crippen molar-refractivity contribution in [1.29, 1.82) is 0 Å². The third-order valence-corrected chi connectivity index (χ3v) is 10.5. The van der Waals surface area contributed by atoms with E-state index in [1.807, 2.05) is 46.6 Å². The van der Waals surface area contributed by atoms with Crippen LogP contribution in [0.25, 0.3) is 11.3 Å². The minimum Gasteiger partial charge on any atom is -0.543 e. The van der Waals surface area contributed by atoms with Crippen LogP contribution in [0.3, 0.4) is 0 Å². The van der Waals surface area contributed by atoms with Crippen molar-refractivity contribution in [2.75, 3.05) is 17.4 Å². The van der Waals surface area contributed by atoms with Crippen molar-refractivity contribution in [3.8, 4) is 11.3 Å². The van der Waals surface area contributed by atoms with Gasteiger partial charge in [0, 0.05) is 52.2 Å². The number of carbonyl (C=O) groups excluding carboxylic acids is 3. The SMILES string of the molecule is CC(=O)O.CCON=C(C(=O)NC1C(=O)N2C(C(=O)[O-])=C(Sc3nc(-c4cc[n+](C)cc4)cs3)CSC12)c1nsc(NP(=O)(O)O)n1.O. The minimum atomic E-state index is -4.68. The molecule has 1 fully saturated rings. The van der Waals surface area contributed by atoms with E-state index in [2.05, 4.69) is 24.8 Å². The zero-order valence-electron chi connectivity index (χ0n) is 24.9. The second kappa shape index (κ2) is 16.4. The Balaban J connectivity index is 0.00000118. The standard InChI is InChI=1S/C22H21N8O8PS4.C2H4O2.H2O/c1-3-38-26-13(16-25-21(43-28-16)27-39(35,36)37)17(31)24-14-18(32)30-15(20(33)34)12(9-40-19(14)30)42-22-23-11(8-41-22)10-4-6-29(2)7-5-10;1-2(3)4;/h4-8,14,19H,3,9H2,1-2H3,(H4-,24,25,27,28,31,33,34,35,36,37);1H3,(H,3,4);1H2. The Labute approximate surface area is 287 Å². The maximum atomic E-state index is 13.1. The molecule has 2 aliphatic rings. The van der Waals surface area contributed by atoms with Crippen molar-refractivity contribution in [2.24, 2.45) is 12.2 Å². The Morgan fingerprint density at radius 1 is 1.27 bits per heavy atom. The van der Waals surface area contributed by atoms with Gasteiger partial charge in [-0.25, -0.2) is 14.1 Å². The van der Waals surface area contributed by atoms with Gasteiger partial charge in [-0.1, -0.05) is 16.9 Å². The van der Waals surface area contributed by atoms with Crippen molar-refractivity contribution >= 4 is 88.7 Å². The predicted molar refractivity (Wildman–Crippen MR) is 172 cm³/mol. The molecular weight excluding hydrogens is 736 g/mol. The van der Waals surface area contributed by atoms with Crippen molar-refractivity contribution in [3.05, 3.63) is 46.3 Å². The monoisotopic (exact) mass is 762 g/mol. The highest BCUT2D eigenvalue weighted by atomic mass is 32.2. The Hall–Kier alpha value is -3.96. The molecule has 48 heavy (non-hydrogen) atoms. The number of nitrogens with zero attached hydrogens (tertiary/aromatic N) is 6. The molecule has 0 bridgehead atoms. The predicted octanol–water partition coefficient (Wildman–Crippen LogP) is -0.849. The molecule has 1 saturated heterocycles. The smallest absolute Gasteiger partial charge is 0.429 e. The molecular formula is C24H27N8O11PS4. The molecule has 5 heterocycles. The molecule has 7 N–H and O–H groups in total. The first-order valence-electron chi connectivity index (χ1n) is 13.0. The fourth-order valence-electron chi connectivity index (χ4n) is 3.89. The summed E-state index contributed by atoms with van der Waals surface area (Å²) in [6, 6.07) is 2.72. The molecule has 2 aliphatic heterocycles. The number of nitrogens with one attached hydrogen (secondary N) is 2. The largest absolute Gasteiger partial charge is 0.543 e. The highest BCUT2D eigenvalue weighted by Crippen LogP contribution is 2.45. The third kappa shape index (κ3) is 9.56. The van der Waals surface area contributed by atoms with Gasteiger partial charge in [-0.2, -0.15) is 9.36 Å². The number of hydrogen-bond donors (Lipinski definition) is 5. The highest BCUT2D eigenvalue weighted by molar-refractivity contribution is 8.07. The first-order chi connectivity index (χ1) is 22.2. The van der Waals surface area contributed by atoms with Crippen LogP contribution in [-0.2, 0) is 35.6 Å². The van der Waals surface area contributed by atoms with E-state index in [4.69, 9.17) is 24.5 Å². The molecule has 19 nitrogen and oxygen atoms in total. The van der Waals surface area contributed by atoms with Crippen LogP contribution in [0.1, 0.15) is 19.7 Å². The number of aromatic nitrogens is 4. The number of β-lactam (4-membered cyclic amide) rings is 1. The number of aliphatic carboxylic acids is 2. The molecule has 3 aromatic heterocycles. The van der Waals surface area contributed by atoms with Crippen LogP contribution >= 0.6 is 54.1 Å². The van der Waals surface area contributed by atoms with Crippen LogP contribution in [-0.4, -0.2) is 92.9 Å². The van der Waals surface area contributed by atoms with Crippen molar-refractivity contribution < 1.29 is 58.6 Å². The van der Waals surface area contributed by atoms with Gasteiger partial charge in [0.2, 0.25) is 16.7 Å². The summed E-state index contributed by atoms with van der Waals surface area (Å²) >= 11 is 4.31. The van der Waals surface area contributed by atoms with Gasteiger partial charge in [-0.05, 0) is 6.92 Å². The van der Waals surface area contributed by atoms with Crippen LogP contribution in [0.5, 0.6) is 0 Å². The summed E-state index contributed by atoms with van der Waals surface area (Å²) in [6.07, 6.45) is 3.78. The minimum absolute atomic E-state index is 0. The number of anilines is 1. The van der Waals surface area contributed by atoms with E-state index in [0.29, 0.717) is 20.8 Å². The topological polar surface area (TPSA) is 292 Å². The zero-order valence-corrected chi connectivity index (χ0v) is 29.1. The first-order valence-corrected chi connectivity index (χ1v) is 18.2. The molecule has 2 unspecified atom stereocenters. The van der Waals surface area contributed by atoms with Crippen molar-refractivity contribution in [1.82, 2.24) is 24.6 Å². The van der Waals surface area contributed by atoms with Gasteiger partial charge < -0.3 is 40.4 Å². The number of carboxylic acids is 2. The lowest BCUT2D eigenvalue weighted by molar-refractivity contribution is -0.671. The number of thioether (sulfide) groups is 2. The lowest BCUT2D eigenvalue weighted by Gasteiger charge is -2.50. The van der Waals surface area contributed by atoms with Crippen LogP contribution in [0, 0.1) is 0 Å². The van der Waals surface area contributed by atoms with Gasteiger partial charge in [0.05, 0.1) is 17.4 Å². The van der Waals surface area contributed by atoms with Crippen LogP contribution in [0.15, 0.2) is 50.0 Å². The molecule has 5 rings (SSSR count). The normalized spacial score (nSPS) is 17.2. The van der Waals surface area contributed by atoms with E-state index in [1.54, 1.807) is 6.92 Å². The average Bonchev–Trinajstić information content (AvgIpc) is 3.64. The number of hydrogen-bond acceptors (Lipinski definition) is 15. The van der Waals surface area contributed by atoms with Gasteiger partial charge in [0.15, 0.2) is 16.7 Å². The summed E-state index contributed by atoms with van der Waals surface area (Å²) in [5, 5.41) is 28.5. The van der Waals surface area contributed by atoms with E-state index < -0.39 is 48.6 Å². The number of thiazole rings is 1. The number of carbonyl (C=O) groups is 4. The van der Waals surface area contributed by atoms with E-state index in [9.17, 15) is 24.1 Å². The third-order valence-electron chi connectivity index (χ3n) is 5.76. The average molecular weight is 763 g/mol. The Morgan fingerprint density at radius 2 is 1.94 bits per heavy atom. The molecule has 0 radical (unpaired) electrons. The fraction of sp³-hybridized carbons (Fsp3) is 0.292. The number of oxime groups is 1. The van der Waals surface area contributed by atoms with Gasteiger partial charge in [-0.3, -0.25) is 24.4 Å². The maximum Gasteiger partial charge on any atom is 0.429 e. The second-order valence-electron chi connectivity index (χ2n) is 9.23. The van der Waals surface area contributed by atoms with Gasteiger partial charge >= 0.3 is 7.75 Å². The number of fused-ring (bicyclic) bond motifs is 1. The summed E-state index contributed by atoms with van der Waals surface area (Å²) in [7, 11) is -2.78. The molecule has 0 aliphatic carbocycles. The zero-order chi connectivity index (χ0) is 34.5. The summed E-state index contributed by atoms with van der Waals surface area (Å²) in [4.78, 5) is 80.5. The summed E-state index contributed by atoms with van der Waals surface area (Å²) in [5.74, 6) is -4.03. The number of amides is 2. The Kier molecular flexibility index (Phi) is 13.2. The highest BCUT2D eigenvalue weighted by Gasteiger charge is 2.53. The number of pyridine rings is 1. The van der Waals surface area contributed by atoms with E-state index in [1.165, 1.54) is 23.1 Å². The van der Waals surface area contributed by atoms with E-state index in [-0.39, 0.29) is 34.5 Å². The summed E-state index contributed by atoms with van der Waals surface area (Å²) < 4.78 is 17.6. The van der Waals surface area contributed by atoms with Crippen molar-refractivity contribution in [2.45, 2.75) is 29.6 Å². The summed E-state index contributed by atoms with van der Waals surface area (Å²) in [6.45, 7) is 2.77. The molecule has 2 atom stereocenters. The lowest BCUT2D eigenvalue weighted by atomic mass is 10.0. The maximum absolute atomic E-state index is 13.1. The first kappa shape index (κ1) is 38.5. The quantitative estimate of drug-likeness (QED) is 0.0523. The number of carboxylic acid groups (broad SMARTS) is 2. The Bertz CT molecular complexity index is 1790. The number of aryl methyl sites for hydroxylation is 1. The Morgan fingerprint density at radius 3 is 2.54 bits per heavy atom. The lowest BCUT2D eigenvalue weighted by Crippen LogP contribution is -2.71. The molecule has 2 amide bonds. The van der Waals surface area contributed by atoms with Crippen LogP contribution < -0.4 is 20.1 Å². The molecule has 0 spiro atoms. The van der Waals surface area contributed by atoms with E-state index in [0.717, 1.165) is 34.8 Å². The second-order valence-corrected chi connectivity index (χ2v) is 14.6. The summed E-state index contributed by atoms with van der Waals surface area (Å²) in [5.41, 5.74) is 0.906. The van der Waals surface area contributed by atoms with Gasteiger partial charge in [-0.15, -0.1) is 23.1 Å². The van der Waals surface area contributed by atoms with Gasteiger partial charge in [0.25, 0.3) is 17.8 Å². The molecule has 3 aromatic rings. The number of rotatable bonds is 11. The van der Waals surface area contributed by atoms with Crippen LogP contribution in [0.2, 0.25) is 0 Å². The van der Waals surface area contributed by atoms with Crippen LogP contribution in [0.4, 0.5) is 5.13 Å². The van der Waals surface area contributed by atoms with Crippen molar-refractivity contribution in [3.63, 3.8) is 0 Å². The van der Waals surface area contributed by atoms with Gasteiger partial charge in [0.1, 0.15) is 25.1 Å². The molecule has 24 heteroatoms. The fourth-order valence-corrected chi connectivity index (χ4v) is 8.59. The molecule has 258 valence electrons.